The Morgan fingerprint density at radius 2 is 2.08 bits per heavy atom. The summed E-state index contributed by atoms with van der Waals surface area (Å²) in [6.07, 6.45) is 0.564. The second-order valence-electron chi connectivity index (χ2n) is 2.53. The van der Waals surface area contributed by atoms with Crippen LogP contribution in [0.25, 0.3) is 0 Å². The zero-order chi connectivity index (χ0) is 9.56. The average Bonchev–Trinajstić information content (AvgIpc) is 1.96. The van der Waals surface area contributed by atoms with Crippen molar-refractivity contribution in [1.29, 1.82) is 0 Å². The number of likely N-dealkylation sites (N-methyl/N-ethyl adjacent to an activating group) is 1. The first-order chi connectivity index (χ1) is 5.57. The molecule has 0 aliphatic rings. The van der Waals surface area contributed by atoms with Crippen LogP contribution in [0.3, 0.4) is 0 Å². The van der Waals surface area contributed by atoms with Crippen molar-refractivity contribution in [3.8, 4) is 0 Å². The number of urea groups is 1. The first-order valence-corrected chi connectivity index (χ1v) is 3.79. The SMILES string of the molecule is CN[C@@H](CCNC(N)=O)C(C)=O. The molecule has 0 bridgehead atoms. The van der Waals surface area contributed by atoms with Crippen molar-refractivity contribution in [2.45, 2.75) is 19.4 Å². The fraction of sp³-hybridized carbons (Fsp3) is 0.714. The van der Waals surface area contributed by atoms with E-state index in [4.69, 9.17) is 5.73 Å². The molecule has 1 atom stereocenters. The number of amides is 2. The maximum Gasteiger partial charge on any atom is 0.312 e. The van der Waals surface area contributed by atoms with Gasteiger partial charge in [-0.3, -0.25) is 4.79 Å². The summed E-state index contributed by atoms with van der Waals surface area (Å²) in [6, 6.07) is -0.759. The number of nitrogens with one attached hydrogen (secondary N) is 2. The van der Waals surface area contributed by atoms with Gasteiger partial charge < -0.3 is 16.4 Å². The summed E-state index contributed by atoms with van der Waals surface area (Å²) in [5.74, 6) is 0.0590. The molecule has 70 valence electrons. The molecule has 4 N–H and O–H groups in total. The Bertz CT molecular complexity index is 170. The quantitative estimate of drug-likeness (QED) is 0.510. The van der Waals surface area contributed by atoms with Crippen LogP contribution in [0, 0.1) is 0 Å². The molecule has 2 amide bonds. The molecule has 0 aromatic carbocycles. The topological polar surface area (TPSA) is 84.2 Å². The van der Waals surface area contributed by atoms with E-state index in [1.54, 1.807) is 7.05 Å². The summed E-state index contributed by atoms with van der Waals surface area (Å²) in [4.78, 5) is 21.1. The summed E-state index contributed by atoms with van der Waals surface area (Å²) in [5, 5.41) is 5.25. The Balaban J connectivity index is 3.59. The zero-order valence-electron chi connectivity index (χ0n) is 7.39. The van der Waals surface area contributed by atoms with Gasteiger partial charge in [0.05, 0.1) is 6.04 Å². The molecule has 0 saturated heterocycles. The lowest BCUT2D eigenvalue weighted by Gasteiger charge is -2.11. The third-order valence-electron chi connectivity index (χ3n) is 1.57. The minimum Gasteiger partial charge on any atom is -0.352 e. The van der Waals surface area contributed by atoms with E-state index in [-0.39, 0.29) is 11.8 Å². The summed E-state index contributed by atoms with van der Waals surface area (Å²) in [5.41, 5.74) is 4.84. The molecule has 0 aromatic rings. The van der Waals surface area contributed by atoms with Crippen LogP contribution in [0.1, 0.15) is 13.3 Å². The molecule has 0 heterocycles. The predicted octanol–water partition coefficient (Wildman–Crippen LogP) is -0.778. The lowest BCUT2D eigenvalue weighted by molar-refractivity contribution is -0.118. The third kappa shape index (κ3) is 4.68. The maximum atomic E-state index is 10.8. The van der Waals surface area contributed by atoms with Gasteiger partial charge in [-0.25, -0.2) is 4.79 Å². The van der Waals surface area contributed by atoms with Gasteiger partial charge in [0.25, 0.3) is 0 Å². The van der Waals surface area contributed by atoms with Crippen LogP contribution in [0.2, 0.25) is 0 Å². The number of ketones is 1. The van der Waals surface area contributed by atoms with Gasteiger partial charge >= 0.3 is 6.03 Å². The minimum atomic E-state index is -0.562. The zero-order valence-corrected chi connectivity index (χ0v) is 7.39. The Kier molecular flexibility index (Phi) is 5.03. The molecule has 5 nitrogen and oxygen atoms in total. The Labute approximate surface area is 71.7 Å². The van der Waals surface area contributed by atoms with Crippen LogP contribution in [0.5, 0.6) is 0 Å². The van der Waals surface area contributed by atoms with Crippen LogP contribution >= 0.6 is 0 Å². The fourth-order valence-corrected chi connectivity index (χ4v) is 0.891. The number of hydrogen-bond acceptors (Lipinski definition) is 3. The average molecular weight is 173 g/mol. The highest BCUT2D eigenvalue weighted by molar-refractivity contribution is 5.81. The highest BCUT2D eigenvalue weighted by Gasteiger charge is 2.10. The standard InChI is InChI=1S/C7H15N3O2/c1-5(11)6(9-2)3-4-10-7(8)12/h6,9H,3-4H2,1-2H3,(H3,8,10,12)/t6-/m0/s1. The summed E-state index contributed by atoms with van der Waals surface area (Å²) < 4.78 is 0. The van der Waals surface area contributed by atoms with Gasteiger partial charge in [-0.1, -0.05) is 0 Å². The smallest absolute Gasteiger partial charge is 0.312 e. The van der Waals surface area contributed by atoms with E-state index < -0.39 is 6.03 Å². The van der Waals surface area contributed by atoms with Gasteiger partial charge in [0.1, 0.15) is 5.78 Å². The van der Waals surface area contributed by atoms with Crippen LogP contribution < -0.4 is 16.4 Å². The van der Waals surface area contributed by atoms with E-state index in [2.05, 4.69) is 10.6 Å². The van der Waals surface area contributed by atoms with Crippen molar-refractivity contribution in [2.24, 2.45) is 5.73 Å². The number of nitrogens with two attached hydrogens (primary N) is 1. The predicted molar refractivity (Wildman–Crippen MR) is 45.7 cm³/mol. The van der Waals surface area contributed by atoms with E-state index in [0.717, 1.165) is 0 Å². The normalized spacial score (nSPS) is 12.2. The number of carbonyl (C=O) groups is 2. The van der Waals surface area contributed by atoms with Crippen molar-refractivity contribution in [1.82, 2.24) is 10.6 Å². The van der Waals surface area contributed by atoms with Gasteiger partial charge in [0, 0.05) is 6.54 Å². The van der Waals surface area contributed by atoms with E-state index in [1.165, 1.54) is 6.92 Å². The molecule has 0 rings (SSSR count). The number of primary amides is 1. The van der Waals surface area contributed by atoms with Crippen LogP contribution in [-0.4, -0.2) is 31.4 Å². The van der Waals surface area contributed by atoms with Crippen molar-refractivity contribution in [2.75, 3.05) is 13.6 Å². The third-order valence-corrected chi connectivity index (χ3v) is 1.57. The fourth-order valence-electron chi connectivity index (χ4n) is 0.891. The monoisotopic (exact) mass is 173 g/mol. The Hall–Kier alpha value is -1.10. The van der Waals surface area contributed by atoms with Crippen molar-refractivity contribution < 1.29 is 9.59 Å². The number of Topliss-reactive ketones (excluding diaryl/α,β-unsaturated/α-hetero) is 1. The van der Waals surface area contributed by atoms with Gasteiger partial charge in [0.15, 0.2) is 0 Å². The summed E-state index contributed by atoms with van der Waals surface area (Å²) in [7, 11) is 1.70. The lowest BCUT2D eigenvalue weighted by Crippen LogP contribution is -2.38. The summed E-state index contributed by atoms with van der Waals surface area (Å²) >= 11 is 0. The van der Waals surface area contributed by atoms with E-state index in [1.807, 2.05) is 0 Å². The van der Waals surface area contributed by atoms with E-state index in [9.17, 15) is 9.59 Å². The van der Waals surface area contributed by atoms with E-state index >= 15 is 0 Å². The number of hydrogen-bond donors (Lipinski definition) is 3. The minimum absolute atomic E-state index is 0.0590. The summed E-state index contributed by atoms with van der Waals surface area (Å²) in [6.45, 7) is 1.92. The molecule has 0 aromatic heterocycles. The van der Waals surface area contributed by atoms with Crippen LogP contribution in [0.4, 0.5) is 4.79 Å². The molecule has 0 saturated carbocycles. The molecule has 0 aliphatic heterocycles. The number of rotatable bonds is 5. The molecule has 0 spiro atoms. The molecule has 0 unspecified atom stereocenters. The number of carbonyl (C=O) groups excluding carboxylic acids is 2. The largest absolute Gasteiger partial charge is 0.352 e. The van der Waals surface area contributed by atoms with Crippen LogP contribution in [0.15, 0.2) is 0 Å². The molecule has 0 fully saturated rings. The maximum absolute atomic E-state index is 10.8. The van der Waals surface area contributed by atoms with Crippen LogP contribution in [-0.2, 0) is 4.79 Å². The Morgan fingerprint density at radius 1 is 1.50 bits per heavy atom. The van der Waals surface area contributed by atoms with Gasteiger partial charge in [-0.2, -0.15) is 0 Å². The molecular weight excluding hydrogens is 158 g/mol. The highest BCUT2D eigenvalue weighted by atomic mass is 16.2. The molecule has 0 aliphatic carbocycles. The van der Waals surface area contributed by atoms with Gasteiger partial charge in [-0.05, 0) is 20.4 Å². The first kappa shape index (κ1) is 10.9. The molecule has 0 radical (unpaired) electrons. The Morgan fingerprint density at radius 3 is 2.42 bits per heavy atom. The van der Waals surface area contributed by atoms with Crippen molar-refractivity contribution in [3.63, 3.8) is 0 Å². The first-order valence-electron chi connectivity index (χ1n) is 3.79. The van der Waals surface area contributed by atoms with Gasteiger partial charge in [-0.15, -0.1) is 0 Å². The lowest BCUT2D eigenvalue weighted by atomic mass is 10.1. The second kappa shape index (κ2) is 5.54. The highest BCUT2D eigenvalue weighted by Crippen LogP contribution is 1.90. The molecule has 12 heavy (non-hydrogen) atoms. The van der Waals surface area contributed by atoms with Crippen molar-refractivity contribution >= 4 is 11.8 Å². The second-order valence-corrected chi connectivity index (χ2v) is 2.53. The molecule has 5 heteroatoms. The van der Waals surface area contributed by atoms with Crippen molar-refractivity contribution in [3.05, 3.63) is 0 Å². The van der Waals surface area contributed by atoms with E-state index in [0.29, 0.717) is 13.0 Å². The van der Waals surface area contributed by atoms with Gasteiger partial charge in [0.2, 0.25) is 0 Å². The molecular formula is C7H15N3O2.